The quantitative estimate of drug-likeness (QED) is 0.909. The molecule has 0 saturated carbocycles. The standard InChI is InChI=1S/C16H16ClNO/c1-16(18,12-5-3-6-13(17)10-12)14-7-2-4-11-8-9-19-15(11)14/h2-7,10H,8-9,18H2,1H3. The lowest BCUT2D eigenvalue weighted by molar-refractivity contribution is 0.347. The predicted molar refractivity (Wildman–Crippen MR) is 77.7 cm³/mol. The summed E-state index contributed by atoms with van der Waals surface area (Å²) in [5.74, 6) is 0.937. The lowest BCUT2D eigenvalue weighted by Crippen LogP contribution is -2.34. The van der Waals surface area contributed by atoms with E-state index in [0.717, 1.165) is 29.9 Å². The third kappa shape index (κ3) is 2.11. The number of ether oxygens (including phenoxy) is 1. The van der Waals surface area contributed by atoms with E-state index in [1.807, 2.05) is 43.3 Å². The summed E-state index contributed by atoms with van der Waals surface area (Å²) in [5.41, 5.74) is 9.19. The van der Waals surface area contributed by atoms with Crippen LogP contribution in [0.4, 0.5) is 0 Å². The molecule has 1 aliphatic rings. The van der Waals surface area contributed by atoms with Crippen molar-refractivity contribution in [1.29, 1.82) is 0 Å². The first-order chi connectivity index (χ1) is 9.09. The summed E-state index contributed by atoms with van der Waals surface area (Å²) in [7, 11) is 0. The Morgan fingerprint density at radius 1 is 1.21 bits per heavy atom. The van der Waals surface area contributed by atoms with Crippen LogP contribution in [0.3, 0.4) is 0 Å². The smallest absolute Gasteiger partial charge is 0.128 e. The van der Waals surface area contributed by atoms with E-state index in [9.17, 15) is 0 Å². The molecule has 0 fully saturated rings. The summed E-state index contributed by atoms with van der Waals surface area (Å²) in [6.07, 6.45) is 0.953. The second-order valence-electron chi connectivity index (χ2n) is 5.10. The van der Waals surface area contributed by atoms with Crippen LogP contribution in [0, 0.1) is 0 Å². The average Bonchev–Trinajstić information content (AvgIpc) is 2.86. The minimum Gasteiger partial charge on any atom is -0.493 e. The van der Waals surface area contributed by atoms with Gasteiger partial charge in [0.05, 0.1) is 12.1 Å². The van der Waals surface area contributed by atoms with Crippen molar-refractivity contribution in [3.05, 3.63) is 64.2 Å². The average molecular weight is 274 g/mol. The number of halogens is 1. The molecule has 1 heterocycles. The Bertz CT molecular complexity index is 622. The van der Waals surface area contributed by atoms with Gasteiger partial charge in [0.25, 0.3) is 0 Å². The first-order valence-electron chi connectivity index (χ1n) is 6.39. The fourth-order valence-electron chi connectivity index (χ4n) is 2.59. The number of para-hydroxylation sites is 1. The lowest BCUT2D eigenvalue weighted by atomic mass is 9.84. The fourth-order valence-corrected chi connectivity index (χ4v) is 2.78. The second kappa shape index (κ2) is 4.55. The van der Waals surface area contributed by atoms with Crippen LogP contribution in [-0.2, 0) is 12.0 Å². The number of fused-ring (bicyclic) bond motifs is 1. The first-order valence-corrected chi connectivity index (χ1v) is 6.77. The van der Waals surface area contributed by atoms with Crippen molar-refractivity contribution in [2.75, 3.05) is 6.61 Å². The molecule has 0 saturated heterocycles. The Balaban J connectivity index is 2.13. The molecular formula is C16H16ClNO. The molecule has 3 rings (SSSR count). The van der Waals surface area contributed by atoms with Gasteiger partial charge < -0.3 is 10.5 Å². The molecule has 2 nitrogen and oxygen atoms in total. The van der Waals surface area contributed by atoms with E-state index in [1.165, 1.54) is 5.56 Å². The van der Waals surface area contributed by atoms with E-state index in [2.05, 4.69) is 6.07 Å². The Morgan fingerprint density at radius 3 is 2.79 bits per heavy atom. The number of nitrogens with two attached hydrogens (primary N) is 1. The van der Waals surface area contributed by atoms with Crippen molar-refractivity contribution in [3.63, 3.8) is 0 Å². The van der Waals surface area contributed by atoms with E-state index >= 15 is 0 Å². The maximum atomic E-state index is 6.56. The summed E-state index contributed by atoms with van der Waals surface area (Å²) >= 11 is 6.07. The predicted octanol–water partition coefficient (Wildman–Crippen LogP) is 3.50. The van der Waals surface area contributed by atoms with Crippen LogP contribution >= 0.6 is 11.6 Å². The highest BCUT2D eigenvalue weighted by molar-refractivity contribution is 6.30. The van der Waals surface area contributed by atoms with Gasteiger partial charge in [-0.2, -0.15) is 0 Å². The zero-order valence-corrected chi connectivity index (χ0v) is 11.6. The Morgan fingerprint density at radius 2 is 2.00 bits per heavy atom. The molecule has 0 spiro atoms. The first kappa shape index (κ1) is 12.5. The molecule has 0 aromatic heterocycles. The highest BCUT2D eigenvalue weighted by Crippen LogP contribution is 2.38. The number of hydrogen-bond acceptors (Lipinski definition) is 2. The Hall–Kier alpha value is -1.51. The molecule has 1 unspecified atom stereocenters. The molecule has 3 heteroatoms. The van der Waals surface area contributed by atoms with Crippen molar-refractivity contribution in [2.24, 2.45) is 5.73 Å². The minimum atomic E-state index is -0.611. The second-order valence-corrected chi connectivity index (χ2v) is 5.54. The highest BCUT2D eigenvalue weighted by Gasteiger charge is 2.30. The van der Waals surface area contributed by atoms with Gasteiger partial charge >= 0.3 is 0 Å². The lowest BCUT2D eigenvalue weighted by Gasteiger charge is -2.27. The molecule has 2 aromatic carbocycles. The Labute approximate surface area is 118 Å². The van der Waals surface area contributed by atoms with Gasteiger partial charge in [-0.1, -0.05) is 41.9 Å². The molecule has 0 amide bonds. The van der Waals surface area contributed by atoms with E-state index in [1.54, 1.807) is 0 Å². The highest BCUT2D eigenvalue weighted by atomic mass is 35.5. The van der Waals surface area contributed by atoms with Gasteiger partial charge in [-0.05, 0) is 30.2 Å². The topological polar surface area (TPSA) is 35.2 Å². The summed E-state index contributed by atoms with van der Waals surface area (Å²) in [6, 6.07) is 13.9. The van der Waals surface area contributed by atoms with Gasteiger partial charge in [0.2, 0.25) is 0 Å². The van der Waals surface area contributed by atoms with Crippen LogP contribution in [0.15, 0.2) is 42.5 Å². The van der Waals surface area contributed by atoms with Crippen LogP contribution < -0.4 is 10.5 Å². The SMILES string of the molecule is CC(N)(c1cccc(Cl)c1)c1cccc2c1OCC2. The van der Waals surface area contributed by atoms with Crippen LogP contribution in [-0.4, -0.2) is 6.61 Å². The molecule has 1 aliphatic heterocycles. The van der Waals surface area contributed by atoms with Gasteiger partial charge in [-0.15, -0.1) is 0 Å². The van der Waals surface area contributed by atoms with Gasteiger partial charge in [0.15, 0.2) is 0 Å². The third-order valence-electron chi connectivity index (χ3n) is 3.70. The summed E-state index contributed by atoms with van der Waals surface area (Å²) in [5, 5.41) is 0.697. The zero-order chi connectivity index (χ0) is 13.5. The summed E-state index contributed by atoms with van der Waals surface area (Å²) < 4.78 is 5.75. The van der Waals surface area contributed by atoms with Gasteiger partial charge in [-0.3, -0.25) is 0 Å². The van der Waals surface area contributed by atoms with Crippen LogP contribution in [0.1, 0.15) is 23.6 Å². The normalized spacial score (nSPS) is 16.6. The molecule has 2 N–H and O–H groups in total. The molecule has 0 aliphatic carbocycles. The van der Waals surface area contributed by atoms with Crippen LogP contribution in [0.25, 0.3) is 0 Å². The Kier molecular flexibility index (Phi) is 3.00. The maximum Gasteiger partial charge on any atom is 0.128 e. The maximum absolute atomic E-state index is 6.56. The van der Waals surface area contributed by atoms with E-state index in [0.29, 0.717) is 5.02 Å². The monoisotopic (exact) mass is 273 g/mol. The van der Waals surface area contributed by atoms with Crippen molar-refractivity contribution >= 4 is 11.6 Å². The van der Waals surface area contributed by atoms with Gasteiger partial charge in [0, 0.05) is 17.0 Å². The molecule has 0 bridgehead atoms. The van der Waals surface area contributed by atoms with E-state index < -0.39 is 5.54 Å². The van der Waals surface area contributed by atoms with Gasteiger partial charge in [0.1, 0.15) is 5.75 Å². The van der Waals surface area contributed by atoms with Crippen LogP contribution in [0.5, 0.6) is 5.75 Å². The van der Waals surface area contributed by atoms with Crippen molar-refractivity contribution in [3.8, 4) is 5.75 Å². The van der Waals surface area contributed by atoms with Crippen molar-refractivity contribution < 1.29 is 4.74 Å². The summed E-state index contributed by atoms with van der Waals surface area (Å²) in [6.45, 7) is 2.73. The van der Waals surface area contributed by atoms with Gasteiger partial charge in [-0.25, -0.2) is 0 Å². The minimum absolute atomic E-state index is 0.611. The zero-order valence-electron chi connectivity index (χ0n) is 10.8. The molecule has 0 radical (unpaired) electrons. The molecular weight excluding hydrogens is 258 g/mol. The van der Waals surface area contributed by atoms with Crippen molar-refractivity contribution in [2.45, 2.75) is 18.9 Å². The van der Waals surface area contributed by atoms with E-state index in [4.69, 9.17) is 22.1 Å². The van der Waals surface area contributed by atoms with Crippen LogP contribution in [0.2, 0.25) is 5.02 Å². The molecule has 2 aromatic rings. The molecule has 1 atom stereocenters. The number of hydrogen-bond donors (Lipinski definition) is 1. The number of benzene rings is 2. The largest absolute Gasteiger partial charge is 0.493 e. The fraction of sp³-hybridized carbons (Fsp3) is 0.250. The third-order valence-corrected chi connectivity index (χ3v) is 3.93. The molecule has 98 valence electrons. The molecule has 19 heavy (non-hydrogen) atoms. The number of rotatable bonds is 2. The van der Waals surface area contributed by atoms with Crippen molar-refractivity contribution in [1.82, 2.24) is 0 Å². The van der Waals surface area contributed by atoms with E-state index in [-0.39, 0.29) is 0 Å². The summed E-state index contributed by atoms with van der Waals surface area (Å²) in [4.78, 5) is 0.